The summed E-state index contributed by atoms with van der Waals surface area (Å²) in [7, 11) is 0. The molecule has 94 valence electrons. The smallest absolute Gasteiger partial charge is 0.239 e. The molecule has 0 aromatic carbocycles. The van der Waals surface area contributed by atoms with Gasteiger partial charge in [-0.3, -0.25) is 4.79 Å². The van der Waals surface area contributed by atoms with Crippen molar-refractivity contribution in [3.05, 3.63) is 0 Å². The molecule has 0 heterocycles. The minimum atomic E-state index is -0.278. The topological polar surface area (TPSA) is 46.3 Å². The lowest BCUT2D eigenvalue weighted by atomic mass is 10.1. The van der Waals surface area contributed by atoms with Crippen molar-refractivity contribution in [2.45, 2.75) is 65.0 Å². The van der Waals surface area contributed by atoms with Crippen LogP contribution < -0.4 is 5.73 Å². The molecule has 1 fully saturated rings. The predicted octanol–water partition coefficient (Wildman–Crippen LogP) is 2.15. The fourth-order valence-electron chi connectivity index (χ4n) is 1.96. The van der Waals surface area contributed by atoms with E-state index in [4.69, 9.17) is 5.73 Å². The van der Waals surface area contributed by atoms with Gasteiger partial charge in [0, 0.05) is 12.6 Å². The summed E-state index contributed by atoms with van der Waals surface area (Å²) in [5, 5.41) is 0. The van der Waals surface area contributed by atoms with E-state index in [0.717, 1.165) is 25.8 Å². The molecule has 0 bridgehead atoms. The molecule has 1 amide bonds. The molecular formula is C13H26N2O. The van der Waals surface area contributed by atoms with Gasteiger partial charge in [-0.1, -0.05) is 33.6 Å². The minimum absolute atomic E-state index is 0.171. The zero-order chi connectivity index (χ0) is 12.1. The molecule has 0 radical (unpaired) electrons. The van der Waals surface area contributed by atoms with Crippen molar-refractivity contribution in [2.24, 2.45) is 11.7 Å². The minimum Gasteiger partial charge on any atom is -0.338 e. The van der Waals surface area contributed by atoms with E-state index in [1.54, 1.807) is 0 Å². The predicted molar refractivity (Wildman–Crippen MR) is 67.1 cm³/mol. The third kappa shape index (κ3) is 4.12. The quantitative estimate of drug-likeness (QED) is 0.723. The molecule has 1 rings (SSSR count). The fraction of sp³-hybridized carbons (Fsp3) is 0.923. The first-order valence-electron chi connectivity index (χ1n) is 6.62. The molecule has 3 heteroatoms. The van der Waals surface area contributed by atoms with Gasteiger partial charge in [0.15, 0.2) is 0 Å². The summed E-state index contributed by atoms with van der Waals surface area (Å²) in [4.78, 5) is 14.2. The highest BCUT2D eigenvalue weighted by molar-refractivity contribution is 5.82. The Morgan fingerprint density at radius 1 is 1.44 bits per heavy atom. The number of carbonyl (C=O) groups excluding carboxylic acids is 1. The van der Waals surface area contributed by atoms with Crippen LogP contribution in [0.5, 0.6) is 0 Å². The van der Waals surface area contributed by atoms with Gasteiger partial charge in [0.25, 0.3) is 0 Å². The van der Waals surface area contributed by atoms with Gasteiger partial charge in [-0.25, -0.2) is 0 Å². The van der Waals surface area contributed by atoms with Crippen molar-refractivity contribution < 1.29 is 4.79 Å². The molecule has 2 N–H and O–H groups in total. The maximum Gasteiger partial charge on any atom is 0.239 e. The average molecular weight is 226 g/mol. The van der Waals surface area contributed by atoms with E-state index < -0.39 is 0 Å². The van der Waals surface area contributed by atoms with E-state index >= 15 is 0 Å². The maximum atomic E-state index is 12.2. The van der Waals surface area contributed by atoms with Crippen LogP contribution in [0.2, 0.25) is 0 Å². The molecule has 1 unspecified atom stereocenters. The normalized spacial score (nSPS) is 17.6. The van der Waals surface area contributed by atoms with Crippen LogP contribution in [0.4, 0.5) is 0 Å². The Labute approximate surface area is 99.4 Å². The van der Waals surface area contributed by atoms with Crippen molar-refractivity contribution in [1.82, 2.24) is 4.90 Å². The third-order valence-electron chi connectivity index (χ3n) is 3.02. The van der Waals surface area contributed by atoms with Crippen LogP contribution in [-0.2, 0) is 4.79 Å². The molecule has 1 aliphatic rings. The van der Waals surface area contributed by atoms with E-state index in [9.17, 15) is 4.79 Å². The van der Waals surface area contributed by atoms with E-state index in [-0.39, 0.29) is 11.9 Å². The number of carbonyl (C=O) groups is 1. The van der Waals surface area contributed by atoms with Crippen molar-refractivity contribution in [2.75, 3.05) is 6.54 Å². The monoisotopic (exact) mass is 226 g/mol. The SMILES string of the molecule is CCCCC(N)C(=O)N(CC(C)C)C1CC1. The molecule has 0 aromatic rings. The highest BCUT2D eigenvalue weighted by Crippen LogP contribution is 2.28. The Bertz CT molecular complexity index is 224. The van der Waals surface area contributed by atoms with Crippen LogP contribution in [0.25, 0.3) is 0 Å². The molecule has 0 aromatic heterocycles. The molecule has 1 saturated carbocycles. The van der Waals surface area contributed by atoms with E-state index in [1.807, 2.05) is 4.90 Å². The summed E-state index contributed by atoms with van der Waals surface area (Å²) >= 11 is 0. The van der Waals surface area contributed by atoms with Crippen LogP contribution in [0, 0.1) is 5.92 Å². The fourth-order valence-corrected chi connectivity index (χ4v) is 1.96. The van der Waals surface area contributed by atoms with Crippen molar-refractivity contribution in [3.63, 3.8) is 0 Å². The number of nitrogens with two attached hydrogens (primary N) is 1. The first-order chi connectivity index (χ1) is 7.56. The standard InChI is InChI=1S/C13H26N2O/c1-4-5-6-12(14)13(16)15(9-10(2)3)11-7-8-11/h10-12H,4-9,14H2,1-3H3. The summed E-state index contributed by atoms with van der Waals surface area (Å²) in [5.41, 5.74) is 5.95. The van der Waals surface area contributed by atoms with Gasteiger partial charge in [0.1, 0.15) is 0 Å². The summed E-state index contributed by atoms with van der Waals surface area (Å²) in [6.45, 7) is 7.30. The number of hydrogen-bond acceptors (Lipinski definition) is 2. The lowest BCUT2D eigenvalue weighted by Gasteiger charge is -2.27. The molecule has 3 nitrogen and oxygen atoms in total. The van der Waals surface area contributed by atoms with Gasteiger partial charge in [-0.2, -0.15) is 0 Å². The Morgan fingerprint density at radius 3 is 2.50 bits per heavy atom. The van der Waals surface area contributed by atoms with Crippen LogP contribution in [0.15, 0.2) is 0 Å². The van der Waals surface area contributed by atoms with Gasteiger partial charge < -0.3 is 10.6 Å². The lowest BCUT2D eigenvalue weighted by molar-refractivity contribution is -0.133. The number of nitrogens with zero attached hydrogens (tertiary/aromatic N) is 1. The van der Waals surface area contributed by atoms with Crippen molar-refractivity contribution >= 4 is 5.91 Å². The first kappa shape index (κ1) is 13.5. The van der Waals surface area contributed by atoms with E-state index in [1.165, 1.54) is 12.8 Å². The van der Waals surface area contributed by atoms with Crippen molar-refractivity contribution in [1.29, 1.82) is 0 Å². The van der Waals surface area contributed by atoms with Crippen LogP contribution >= 0.6 is 0 Å². The zero-order valence-electron chi connectivity index (χ0n) is 10.9. The zero-order valence-corrected chi connectivity index (χ0v) is 10.9. The van der Waals surface area contributed by atoms with Crippen LogP contribution in [0.1, 0.15) is 52.9 Å². The Hall–Kier alpha value is -0.570. The highest BCUT2D eigenvalue weighted by atomic mass is 16.2. The Morgan fingerprint density at radius 2 is 2.06 bits per heavy atom. The molecular weight excluding hydrogens is 200 g/mol. The Kier molecular flexibility index (Phi) is 5.26. The van der Waals surface area contributed by atoms with Crippen LogP contribution in [-0.4, -0.2) is 29.4 Å². The molecule has 0 saturated heterocycles. The maximum absolute atomic E-state index is 12.2. The third-order valence-corrected chi connectivity index (χ3v) is 3.02. The molecule has 1 aliphatic carbocycles. The summed E-state index contributed by atoms with van der Waals surface area (Å²) in [5.74, 6) is 0.701. The summed E-state index contributed by atoms with van der Waals surface area (Å²) < 4.78 is 0. The Balaban J connectivity index is 2.46. The molecule has 0 aliphatic heterocycles. The van der Waals surface area contributed by atoms with E-state index in [2.05, 4.69) is 20.8 Å². The second kappa shape index (κ2) is 6.24. The molecule has 1 atom stereocenters. The summed E-state index contributed by atoms with van der Waals surface area (Å²) in [6.07, 6.45) is 5.32. The number of unbranched alkanes of at least 4 members (excludes halogenated alkanes) is 1. The van der Waals surface area contributed by atoms with Crippen molar-refractivity contribution in [3.8, 4) is 0 Å². The summed E-state index contributed by atoms with van der Waals surface area (Å²) in [6, 6.07) is 0.210. The second-order valence-electron chi connectivity index (χ2n) is 5.36. The van der Waals surface area contributed by atoms with Gasteiger partial charge in [-0.15, -0.1) is 0 Å². The molecule has 16 heavy (non-hydrogen) atoms. The highest BCUT2D eigenvalue weighted by Gasteiger charge is 2.34. The number of hydrogen-bond donors (Lipinski definition) is 1. The van der Waals surface area contributed by atoms with E-state index in [0.29, 0.717) is 12.0 Å². The first-order valence-corrected chi connectivity index (χ1v) is 6.62. The van der Waals surface area contributed by atoms with Gasteiger partial charge in [-0.05, 0) is 25.2 Å². The average Bonchev–Trinajstić information content (AvgIpc) is 3.05. The van der Waals surface area contributed by atoms with Gasteiger partial charge in [0.05, 0.1) is 6.04 Å². The number of amides is 1. The van der Waals surface area contributed by atoms with Gasteiger partial charge >= 0.3 is 0 Å². The lowest BCUT2D eigenvalue weighted by Crippen LogP contribution is -2.46. The number of rotatable bonds is 7. The molecule has 0 spiro atoms. The van der Waals surface area contributed by atoms with Gasteiger partial charge in [0.2, 0.25) is 5.91 Å². The largest absolute Gasteiger partial charge is 0.338 e. The second-order valence-corrected chi connectivity index (χ2v) is 5.36. The van der Waals surface area contributed by atoms with Crippen LogP contribution in [0.3, 0.4) is 0 Å².